The highest BCUT2D eigenvalue weighted by Gasteiger charge is 2.34. The molecular formula is C30H24N2O6. The van der Waals surface area contributed by atoms with Crippen LogP contribution in [0.1, 0.15) is 11.1 Å². The van der Waals surface area contributed by atoms with Gasteiger partial charge in [-0.3, -0.25) is 14.3 Å². The molecule has 1 N–H and O–H groups in total. The number of aromatic nitrogens is 2. The predicted octanol–water partition coefficient (Wildman–Crippen LogP) is 4.29. The van der Waals surface area contributed by atoms with Gasteiger partial charge in [-0.05, 0) is 22.8 Å². The highest BCUT2D eigenvalue weighted by molar-refractivity contribution is 5.91. The van der Waals surface area contributed by atoms with Gasteiger partial charge in [0.1, 0.15) is 13.2 Å². The first-order valence-corrected chi connectivity index (χ1v) is 12.0. The minimum absolute atomic E-state index is 0.0161. The molecule has 0 saturated heterocycles. The van der Waals surface area contributed by atoms with Crippen LogP contribution in [0.15, 0.2) is 130 Å². The van der Waals surface area contributed by atoms with Gasteiger partial charge in [0.2, 0.25) is 5.76 Å². The minimum Gasteiger partial charge on any atom is -0.481 e. The van der Waals surface area contributed by atoms with Crippen molar-refractivity contribution in [3.63, 3.8) is 0 Å². The smallest absolute Gasteiger partial charge is 0.383 e. The van der Waals surface area contributed by atoms with Gasteiger partial charge in [0.15, 0.2) is 5.76 Å². The molecule has 3 aromatic carbocycles. The van der Waals surface area contributed by atoms with E-state index < -0.39 is 17.2 Å². The van der Waals surface area contributed by atoms with E-state index in [1.165, 1.54) is 10.8 Å². The monoisotopic (exact) mass is 508 g/mol. The summed E-state index contributed by atoms with van der Waals surface area (Å²) < 4.78 is 18.6. The van der Waals surface area contributed by atoms with Crippen LogP contribution in [0.2, 0.25) is 0 Å². The summed E-state index contributed by atoms with van der Waals surface area (Å²) in [6.07, 6.45) is 3.02. The zero-order valence-corrected chi connectivity index (χ0v) is 20.3. The van der Waals surface area contributed by atoms with E-state index in [4.69, 9.17) is 14.2 Å². The number of allylic oxidation sites excluding steroid dienone is 1. The van der Waals surface area contributed by atoms with Crippen molar-refractivity contribution >= 4 is 5.97 Å². The maximum atomic E-state index is 12.7. The highest BCUT2D eigenvalue weighted by atomic mass is 16.6. The molecule has 0 saturated carbocycles. The van der Waals surface area contributed by atoms with E-state index in [2.05, 4.69) is 4.98 Å². The lowest BCUT2D eigenvalue weighted by atomic mass is 10.1. The van der Waals surface area contributed by atoms with Crippen molar-refractivity contribution in [3.05, 3.63) is 153 Å². The summed E-state index contributed by atoms with van der Waals surface area (Å²) in [5.74, 6) is -0.451. The molecule has 8 nitrogen and oxygen atoms in total. The number of benzene rings is 3. The van der Waals surface area contributed by atoms with Gasteiger partial charge in [0.25, 0.3) is 11.3 Å². The van der Waals surface area contributed by atoms with Crippen LogP contribution in [-0.2, 0) is 38.8 Å². The average Bonchev–Trinajstić information content (AvgIpc) is 3.25. The van der Waals surface area contributed by atoms with Gasteiger partial charge in [-0.2, -0.15) is 0 Å². The Morgan fingerprint density at radius 2 is 1.29 bits per heavy atom. The van der Waals surface area contributed by atoms with Gasteiger partial charge < -0.3 is 14.2 Å². The van der Waals surface area contributed by atoms with E-state index >= 15 is 0 Å². The molecule has 190 valence electrons. The summed E-state index contributed by atoms with van der Waals surface area (Å²) in [6.45, 7) is 0.345. The number of hydrogen-bond donors (Lipinski definition) is 1. The predicted molar refractivity (Wildman–Crippen MR) is 140 cm³/mol. The van der Waals surface area contributed by atoms with E-state index in [9.17, 15) is 14.4 Å². The number of aromatic amines is 1. The molecule has 4 aromatic rings. The Balaban J connectivity index is 1.44. The summed E-state index contributed by atoms with van der Waals surface area (Å²) in [5.41, 5.74) is 1.71. The van der Waals surface area contributed by atoms with Gasteiger partial charge in [0, 0.05) is 12.7 Å². The zero-order valence-electron chi connectivity index (χ0n) is 20.3. The first-order valence-electron chi connectivity index (χ1n) is 12.0. The molecule has 1 aliphatic heterocycles. The van der Waals surface area contributed by atoms with Crippen molar-refractivity contribution in [1.29, 1.82) is 0 Å². The van der Waals surface area contributed by atoms with Crippen LogP contribution >= 0.6 is 0 Å². The second-order valence-electron chi connectivity index (χ2n) is 8.49. The van der Waals surface area contributed by atoms with Crippen LogP contribution in [0.25, 0.3) is 11.1 Å². The quantitative estimate of drug-likeness (QED) is 0.339. The number of nitrogens with one attached hydrogen (secondary N) is 1. The van der Waals surface area contributed by atoms with Crippen LogP contribution in [0.3, 0.4) is 0 Å². The van der Waals surface area contributed by atoms with Crippen LogP contribution in [-0.4, -0.2) is 15.5 Å². The number of carbonyl (C=O) groups is 1. The first-order chi connectivity index (χ1) is 18.6. The molecule has 38 heavy (non-hydrogen) atoms. The fourth-order valence-electron chi connectivity index (χ4n) is 3.90. The SMILES string of the molecule is O=C1O/C(=C\Cn2cc(-c3ccccc3)c(=O)[nH]c2=O)C(OCc2ccccc2)=C1OCc1ccccc1. The number of esters is 1. The molecule has 0 unspecified atom stereocenters. The number of H-pyrrole nitrogens is 1. The average molecular weight is 509 g/mol. The zero-order chi connectivity index (χ0) is 26.3. The van der Waals surface area contributed by atoms with Crippen molar-refractivity contribution in [1.82, 2.24) is 9.55 Å². The Morgan fingerprint density at radius 3 is 1.89 bits per heavy atom. The van der Waals surface area contributed by atoms with Crippen molar-refractivity contribution in [3.8, 4) is 11.1 Å². The highest BCUT2D eigenvalue weighted by Crippen LogP contribution is 2.30. The Morgan fingerprint density at radius 1 is 0.737 bits per heavy atom. The first kappa shape index (κ1) is 24.6. The van der Waals surface area contributed by atoms with E-state index in [1.54, 1.807) is 18.2 Å². The number of carbonyl (C=O) groups excluding carboxylic acids is 1. The number of cyclic esters (lactones) is 1. The summed E-state index contributed by atoms with van der Waals surface area (Å²) >= 11 is 0. The summed E-state index contributed by atoms with van der Waals surface area (Å²) in [7, 11) is 0. The Hall–Kier alpha value is -5.11. The minimum atomic E-state index is -0.686. The van der Waals surface area contributed by atoms with Crippen LogP contribution < -0.4 is 11.2 Å². The molecule has 0 fully saturated rings. The molecule has 0 radical (unpaired) electrons. The van der Waals surface area contributed by atoms with Gasteiger partial charge in [-0.25, -0.2) is 9.59 Å². The number of hydrogen-bond acceptors (Lipinski definition) is 6. The van der Waals surface area contributed by atoms with Crippen molar-refractivity contribution in [2.75, 3.05) is 0 Å². The number of nitrogens with zero attached hydrogens (tertiary/aromatic N) is 1. The third-order valence-corrected chi connectivity index (χ3v) is 5.84. The molecule has 1 aliphatic rings. The standard InChI is InChI=1S/C30H24N2O6/c33-28-24(23-14-8-3-9-15-23)18-32(30(35)31-28)17-16-25-26(36-19-21-10-4-1-5-11-21)27(29(34)38-25)37-20-22-12-6-2-7-13-22/h1-16,18H,17,19-20H2,(H,31,33,35)/b25-16-. The molecule has 0 atom stereocenters. The lowest BCUT2D eigenvalue weighted by Gasteiger charge is -2.10. The van der Waals surface area contributed by atoms with Gasteiger partial charge in [-0.15, -0.1) is 0 Å². The second kappa shape index (κ2) is 11.3. The molecule has 2 heterocycles. The summed E-state index contributed by atoms with van der Waals surface area (Å²) in [6, 6.07) is 27.9. The molecule has 0 bridgehead atoms. The van der Waals surface area contributed by atoms with E-state index in [1.807, 2.05) is 78.9 Å². The van der Waals surface area contributed by atoms with E-state index in [0.29, 0.717) is 11.1 Å². The maximum Gasteiger partial charge on any atom is 0.383 e. The van der Waals surface area contributed by atoms with Crippen molar-refractivity contribution < 1.29 is 19.0 Å². The van der Waals surface area contributed by atoms with Crippen LogP contribution in [0.4, 0.5) is 0 Å². The van der Waals surface area contributed by atoms with Gasteiger partial charge in [0.05, 0.1) is 5.56 Å². The topological polar surface area (TPSA) is 99.6 Å². The van der Waals surface area contributed by atoms with Gasteiger partial charge in [-0.1, -0.05) is 91.0 Å². The maximum absolute atomic E-state index is 12.7. The second-order valence-corrected chi connectivity index (χ2v) is 8.49. The molecule has 8 heteroatoms. The Kier molecular flexibility index (Phi) is 7.31. The number of ether oxygens (including phenoxy) is 3. The van der Waals surface area contributed by atoms with Gasteiger partial charge >= 0.3 is 11.7 Å². The lowest BCUT2D eigenvalue weighted by Crippen LogP contribution is -2.30. The molecule has 1 aromatic heterocycles. The fourth-order valence-corrected chi connectivity index (χ4v) is 3.90. The number of rotatable bonds is 9. The Labute approximate surface area is 218 Å². The molecule has 0 spiro atoms. The van der Waals surface area contributed by atoms with E-state index in [-0.39, 0.29) is 37.0 Å². The molecule has 0 aliphatic carbocycles. The van der Waals surface area contributed by atoms with Crippen LogP contribution in [0.5, 0.6) is 0 Å². The Bertz CT molecular complexity index is 1600. The lowest BCUT2D eigenvalue weighted by molar-refractivity contribution is -0.136. The van der Waals surface area contributed by atoms with Crippen LogP contribution in [0, 0.1) is 0 Å². The normalized spacial score (nSPS) is 14.0. The summed E-state index contributed by atoms with van der Waals surface area (Å²) in [5, 5.41) is 0. The third kappa shape index (κ3) is 5.65. The largest absolute Gasteiger partial charge is 0.481 e. The third-order valence-electron chi connectivity index (χ3n) is 5.84. The fraction of sp³-hybridized carbons (Fsp3) is 0.100. The summed E-state index contributed by atoms with van der Waals surface area (Å²) in [4.78, 5) is 40.0. The van der Waals surface area contributed by atoms with Crippen molar-refractivity contribution in [2.24, 2.45) is 0 Å². The van der Waals surface area contributed by atoms with E-state index in [0.717, 1.165) is 11.1 Å². The van der Waals surface area contributed by atoms with Crippen molar-refractivity contribution in [2.45, 2.75) is 19.8 Å². The molecule has 5 rings (SSSR count). The molecular weight excluding hydrogens is 484 g/mol. The molecule has 0 amide bonds.